The van der Waals surface area contributed by atoms with Crippen LogP contribution >= 0.6 is 0 Å². The Balaban J connectivity index is 1.66. The number of hydrogen-bond acceptors (Lipinski definition) is 7. The Bertz CT molecular complexity index is 1580. The minimum absolute atomic E-state index is 0.0224. The van der Waals surface area contributed by atoms with Gasteiger partial charge < -0.3 is 16.3 Å². The fraction of sp³-hybridized carbons (Fsp3) is 0.0385. The van der Waals surface area contributed by atoms with Crippen LogP contribution in [-0.4, -0.2) is 30.7 Å². The fourth-order valence-corrected chi connectivity index (χ4v) is 4.58. The normalized spacial score (nSPS) is 11.5. The second-order valence-electron chi connectivity index (χ2n) is 8.03. The molecule has 3 aromatic carbocycles. The van der Waals surface area contributed by atoms with Crippen molar-refractivity contribution in [2.45, 2.75) is 11.8 Å². The number of hydrogen-bond donors (Lipinski definition) is 4. The van der Waals surface area contributed by atoms with Gasteiger partial charge in [0.05, 0.1) is 22.4 Å². The first-order valence-electron chi connectivity index (χ1n) is 10.8. The van der Waals surface area contributed by atoms with Gasteiger partial charge in [-0.3, -0.25) is 9.78 Å². The topological polar surface area (TPSA) is 161 Å². The van der Waals surface area contributed by atoms with E-state index in [1.807, 2.05) is 6.92 Å². The summed E-state index contributed by atoms with van der Waals surface area (Å²) in [4.78, 5) is 17.6. The Morgan fingerprint density at radius 1 is 1.03 bits per heavy atom. The first-order chi connectivity index (χ1) is 17.2. The molecule has 0 atom stereocenters. The lowest BCUT2D eigenvalue weighted by atomic mass is 9.99. The number of primary sulfonamides is 1. The third kappa shape index (κ3) is 5.09. The number of nitrogens with one attached hydrogen (secondary N) is 1. The summed E-state index contributed by atoms with van der Waals surface area (Å²) in [6, 6.07) is 20.0. The zero-order valence-electron chi connectivity index (χ0n) is 19.2. The molecular weight excluding hydrogens is 478 g/mol. The average Bonchev–Trinajstić information content (AvgIpc) is 2.85. The van der Waals surface area contributed by atoms with Crippen LogP contribution in [0.2, 0.25) is 0 Å². The lowest BCUT2D eigenvalue weighted by Gasteiger charge is -2.13. The second kappa shape index (κ2) is 9.98. The van der Waals surface area contributed by atoms with E-state index >= 15 is 0 Å². The molecule has 0 aliphatic carbocycles. The van der Waals surface area contributed by atoms with Gasteiger partial charge >= 0.3 is 0 Å². The largest absolute Gasteiger partial charge is 0.411 e. The zero-order chi connectivity index (χ0) is 25.9. The molecule has 0 saturated carbocycles. The molecule has 36 heavy (non-hydrogen) atoms. The number of nitrogens with zero attached hydrogens (tertiary/aromatic N) is 2. The van der Waals surface area contributed by atoms with Crippen molar-refractivity contribution in [2.75, 3.05) is 11.1 Å². The number of nitrogens with two attached hydrogens (primary N) is 2. The van der Waals surface area contributed by atoms with Crippen LogP contribution in [0.25, 0.3) is 22.4 Å². The molecule has 1 aromatic heterocycles. The van der Waals surface area contributed by atoms with Gasteiger partial charge in [-0.25, -0.2) is 13.6 Å². The quantitative estimate of drug-likeness (QED) is 0.135. The summed E-state index contributed by atoms with van der Waals surface area (Å²) in [5, 5.41) is 20.3. The Hall–Kier alpha value is -4.54. The lowest BCUT2D eigenvalue weighted by molar-refractivity contribution is 0.102. The van der Waals surface area contributed by atoms with Crippen molar-refractivity contribution in [1.29, 1.82) is 0 Å². The summed E-state index contributed by atoms with van der Waals surface area (Å²) in [5.74, 6) is -0.416. The average molecular weight is 502 g/mol. The zero-order valence-corrected chi connectivity index (χ0v) is 20.0. The van der Waals surface area contributed by atoms with Crippen LogP contribution < -0.4 is 16.2 Å². The molecule has 9 nitrogen and oxygen atoms in total. The van der Waals surface area contributed by atoms with Gasteiger partial charge in [0.25, 0.3) is 5.91 Å². The Morgan fingerprint density at radius 2 is 1.78 bits per heavy atom. The highest BCUT2D eigenvalue weighted by molar-refractivity contribution is 7.89. The highest BCUT2D eigenvalue weighted by Crippen LogP contribution is 2.30. The van der Waals surface area contributed by atoms with E-state index in [2.05, 4.69) is 15.5 Å². The first-order valence-corrected chi connectivity index (χ1v) is 12.3. The van der Waals surface area contributed by atoms with E-state index in [1.165, 1.54) is 12.3 Å². The van der Waals surface area contributed by atoms with E-state index in [4.69, 9.17) is 16.1 Å². The van der Waals surface area contributed by atoms with Crippen LogP contribution in [0, 0.1) is 6.92 Å². The summed E-state index contributed by atoms with van der Waals surface area (Å²) in [6.07, 6.45) is 2.75. The standard InChI is InChI=1S/C26H23N5O4S/c1-16-7-12-24(36(28,34)35)21(14-16)17-8-10-18(11-9-17)31-26(32)20-5-3-13-29-25(20)19-4-2-6-23(27)22(19)15-30-33/h2-15,33H,27H2,1H3,(H,31,32)(H2,28,34,35). The smallest absolute Gasteiger partial charge is 0.257 e. The van der Waals surface area contributed by atoms with Gasteiger partial charge in [0.1, 0.15) is 0 Å². The number of sulfonamides is 1. The molecule has 10 heteroatoms. The molecule has 1 heterocycles. The van der Waals surface area contributed by atoms with Crippen molar-refractivity contribution in [2.24, 2.45) is 10.3 Å². The van der Waals surface area contributed by atoms with Gasteiger partial charge in [-0.2, -0.15) is 0 Å². The van der Waals surface area contributed by atoms with E-state index in [0.717, 1.165) is 5.56 Å². The molecule has 0 bridgehead atoms. The number of oxime groups is 1. The predicted octanol–water partition coefficient (Wildman–Crippen LogP) is 4.01. The van der Waals surface area contributed by atoms with E-state index in [0.29, 0.717) is 39.3 Å². The highest BCUT2D eigenvalue weighted by Gasteiger charge is 2.18. The van der Waals surface area contributed by atoms with Crippen LogP contribution in [0.3, 0.4) is 0 Å². The summed E-state index contributed by atoms with van der Waals surface area (Å²) >= 11 is 0. The van der Waals surface area contributed by atoms with Crippen LogP contribution in [0.4, 0.5) is 11.4 Å². The maximum atomic E-state index is 13.2. The number of rotatable bonds is 6. The Labute approximate surface area is 208 Å². The van der Waals surface area contributed by atoms with Crippen molar-refractivity contribution < 1.29 is 18.4 Å². The van der Waals surface area contributed by atoms with Crippen LogP contribution in [-0.2, 0) is 10.0 Å². The fourth-order valence-electron chi connectivity index (χ4n) is 3.84. The minimum Gasteiger partial charge on any atom is -0.411 e. The number of carbonyl (C=O) groups excluding carboxylic acids is 1. The number of nitrogen functional groups attached to an aromatic ring is 1. The molecule has 1 amide bonds. The van der Waals surface area contributed by atoms with Crippen LogP contribution in [0.5, 0.6) is 0 Å². The molecule has 0 fully saturated rings. The molecule has 182 valence electrons. The number of pyridine rings is 1. The van der Waals surface area contributed by atoms with Crippen molar-refractivity contribution in [3.05, 3.63) is 95.7 Å². The van der Waals surface area contributed by atoms with Gasteiger partial charge in [0.2, 0.25) is 10.0 Å². The molecule has 0 radical (unpaired) electrons. The number of benzene rings is 3. The van der Waals surface area contributed by atoms with Crippen LogP contribution in [0.1, 0.15) is 21.5 Å². The van der Waals surface area contributed by atoms with E-state index in [-0.39, 0.29) is 10.5 Å². The van der Waals surface area contributed by atoms with Crippen molar-refractivity contribution in [3.63, 3.8) is 0 Å². The molecule has 0 unspecified atom stereocenters. The summed E-state index contributed by atoms with van der Waals surface area (Å²) in [7, 11) is -3.92. The van der Waals surface area contributed by atoms with Crippen molar-refractivity contribution in [1.82, 2.24) is 4.98 Å². The molecular formula is C26H23N5O4S. The monoisotopic (exact) mass is 501 g/mol. The Morgan fingerprint density at radius 3 is 2.47 bits per heavy atom. The van der Waals surface area contributed by atoms with Gasteiger partial charge in [0.15, 0.2) is 0 Å². The Kier molecular flexibility index (Phi) is 6.82. The van der Waals surface area contributed by atoms with Gasteiger partial charge in [-0.05, 0) is 48.9 Å². The number of aromatic nitrogens is 1. The van der Waals surface area contributed by atoms with E-state index < -0.39 is 15.9 Å². The molecule has 4 rings (SSSR count). The first kappa shape index (κ1) is 24.6. The summed E-state index contributed by atoms with van der Waals surface area (Å²) in [6.45, 7) is 1.86. The summed E-state index contributed by atoms with van der Waals surface area (Å²) in [5.41, 5.74) is 10.5. The maximum absolute atomic E-state index is 13.2. The molecule has 0 aliphatic heterocycles. The minimum atomic E-state index is -3.92. The predicted molar refractivity (Wildman–Crippen MR) is 139 cm³/mol. The van der Waals surface area contributed by atoms with Crippen molar-refractivity contribution >= 4 is 33.5 Å². The summed E-state index contributed by atoms with van der Waals surface area (Å²) < 4.78 is 24.1. The number of anilines is 2. The SMILES string of the molecule is Cc1ccc(S(N)(=O)=O)c(-c2ccc(NC(=O)c3cccnc3-c3cccc(N)c3C=NO)cc2)c1. The molecule has 4 aromatic rings. The molecule has 0 aliphatic rings. The van der Waals surface area contributed by atoms with Gasteiger partial charge in [0, 0.05) is 34.3 Å². The number of aryl methyl sites for hydroxylation is 1. The molecule has 6 N–H and O–H groups in total. The molecule has 0 saturated heterocycles. The van der Waals surface area contributed by atoms with Gasteiger partial charge in [-0.15, -0.1) is 0 Å². The van der Waals surface area contributed by atoms with E-state index in [1.54, 1.807) is 72.9 Å². The van der Waals surface area contributed by atoms with Crippen molar-refractivity contribution in [3.8, 4) is 22.4 Å². The number of carbonyl (C=O) groups is 1. The second-order valence-corrected chi connectivity index (χ2v) is 9.56. The highest BCUT2D eigenvalue weighted by atomic mass is 32.2. The van der Waals surface area contributed by atoms with Gasteiger partial charge in [-0.1, -0.05) is 47.1 Å². The van der Waals surface area contributed by atoms with E-state index in [9.17, 15) is 13.2 Å². The number of amides is 1. The lowest BCUT2D eigenvalue weighted by Crippen LogP contribution is -2.14. The third-order valence-electron chi connectivity index (χ3n) is 5.53. The third-order valence-corrected chi connectivity index (χ3v) is 6.50. The maximum Gasteiger partial charge on any atom is 0.257 e. The van der Waals surface area contributed by atoms with Crippen LogP contribution in [0.15, 0.2) is 89.0 Å². The molecule has 0 spiro atoms.